The predicted octanol–water partition coefficient (Wildman–Crippen LogP) is 2.75. The van der Waals surface area contributed by atoms with Crippen molar-refractivity contribution in [3.05, 3.63) is 23.3 Å². The molecule has 0 aliphatic heterocycles. The number of alkyl halides is 1. The number of rotatable bonds is 8. The summed E-state index contributed by atoms with van der Waals surface area (Å²) in [6, 6.07) is 0. The van der Waals surface area contributed by atoms with Crippen molar-refractivity contribution in [2.24, 2.45) is 11.6 Å². The Hall–Kier alpha value is -2.62. The zero-order valence-corrected chi connectivity index (χ0v) is 19.2. The lowest BCUT2D eigenvalue weighted by Crippen LogP contribution is -2.39. The van der Waals surface area contributed by atoms with Gasteiger partial charge in [0.25, 0.3) is 0 Å². The standard InChI is InChI=1S/C21H35FN6O3/c1-14-19(31-15-9-7-6-8-10-15)25-11-16(26-14)18(23)17(28(5)24)12-30-20(29)27(4)13-21(2,3)22/h11,15H,6-10,12-13,23-24H2,1-5H3/b18-17-. The number of nitrogens with zero attached hydrogens (tertiary/aromatic N) is 4. The van der Waals surface area contributed by atoms with Crippen LogP contribution in [-0.4, -0.2) is 65.0 Å². The quantitative estimate of drug-likeness (QED) is 0.470. The molecule has 1 aliphatic rings. The van der Waals surface area contributed by atoms with Crippen molar-refractivity contribution >= 4 is 11.8 Å². The third-order valence-electron chi connectivity index (χ3n) is 5.00. The predicted molar refractivity (Wildman–Crippen MR) is 116 cm³/mol. The van der Waals surface area contributed by atoms with Crippen LogP contribution in [0.25, 0.3) is 5.70 Å². The molecule has 1 saturated carbocycles. The molecule has 0 unspecified atom stereocenters. The summed E-state index contributed by atoms with van der Waals surface area (Å²) in [5.41, 5.74) is 6.31. The highest BCUT2D eigenvalue weighted by molar-refractivity contribution is 5.68. The molecule has 10 heteroatoms. The van der Waals surface area contributed by atoms with Gasteiger partial charge >= 0.3 is 6.09 Å². The van der Waals surface area contributed by atoms with Crippen molar-refractivity contribution in [3.8, 4) is 5.88 Å². The number of halogens is 1. The topological polar surface area (TPSA) is 120 Å². The Kier molecular flexibility index (Phi) is 8.43. The van der Waals surface area contributed by atoms with Crippen LogP contribution in [0.15, 0.2) is 11.9 Å². The Morgan fingerprint density at radius 2 is 1.94 bits per heavy atom. The molecule has 0 atom stereocenters. The minimum atomic E-state index is -1.54. The van der Waals surface area contributed by atoms with Gasteiger partial charge in [0.1, 0.15) is 29.8 Å². The summed E-state index contributed by atoms with van der Waals surface area (Å²) in [6.07, 6.45) is 6.60. The van der Waals surface area contributed by atoms with Crippen molar-refractivity contribution in [2.45, 2.75) is 64.6 Å². The number of ether oxygens (including phenoxy) is 2. The van der Waals surface area contributed by atoms with Crippen LogP contribution in [0.3, 0.4) is 0 Å². The molecule has 0 bridgehead atoms. The molecular formula is C21H35FN6O3. The summed E-state index contributed by atoms with van der Waals surface area (Å²) in [6.45, 7) is 4.27. The van der Waals surface area contributed by atoms with Crippen LogP contribution in [0, 0.1) is 6.92 Å². The van der Waals surface area contributed by atoms with E-state index in [0.717, 1.165) is 30.6 Å². The summed E-state index contributed by atoms with van der Waals surface area (Å²) in [5, 5.41) is 1.26. The van der Waals surface area contributed by atoms with Gasteiger partial charge in [0.05, 0.1) is 24.1 Å². The van der Waals surface area contributed by atoms with Crippen molar-refractivity contribution in [2.75, 3.05) is 27.2 Å². The second kappa shape index (κ2) is 10.6. The van der Waals surface area contributed by atoms with Crippen LogP contribution in [0.4, 0.5) is 9.18 Å². The minimum absolute atomic E-state index is 0.105. The highest BCUT2D eigenvalue weighted by Crippen LogP contribution is 2.24. The summed E-state index contributed by atoms with van der Waals surface area (Å²) in [5.74, 6) is 6.38. The van der Waals surface area contributed by atoms with Gasteiger partial charge in [-0.3, -0.25) is 0 Å². The summed E-state index contributed by atoms with van der Waals surface area (Å²) >= 11 is 0. The summed E-state index contributed by atoms with van der Waals surface area (Å²) < 4.78 is 25.0. The molecule has 0 spiro atoms. The van der Waals surface area contributed by atoms with Gasteiger partial charge in [-0.2, -0.15) is 0 Å². The van der Waals surface area contributed by atoms with E-state index in [1.54, 1.807) is 7.05 Å². The van der Waals surface area contributed by atoms with Gasteiger partial charge in [0.15, 0.2) is 0 Å². The Morgan fingerprint density at radius 3 is 2.48 bits per heavy atom. The van der Waals surface area contributed by atoms with Crippen LogP contribution < -0.4 is 16.3 Å². The number of aromatic nitrogens is 2. The molecule has 0 radical (unpaired) electrons. The fourth-order valence-corrected chi connectivity index (χ4v) is 3.44. The van der Waals surface area contributed by atoms with Crippen LogP contribution in [0.1, 0.15) is 57.3 Å². The van der Waals surface area contributed by atoms with Gasteiger partial charge in [-0.1, -0.05) is 6.42 Å². The fraction of sp³-hybridized carbons (Fsp3) is 0.667. The molecule has 1 aliphatic carbocycles. The van der Waals surface area contributed by atoms with E-state index in [0.29, 0.717) is 23.0 Å². The molecule has 1 fully saturated rings. The number of hydrazine groups is 1. The van der Waals surface area contributed by atoms with E-state index >= 15 is 0 Å². The van der Waals surface area contributed by atoms with Crippen molar-refractivity contribution < 1.29 is 18.7 Å². The Labute approximate surface area is 183 Å². The highest BCUT2D eigenvalue weighted by atomic mass is 19.1. The molecule has 1 amide bonds. The first-order valence-corrected chi connectivity index (χ1v) is 10.5. The zero-order chi connectivity index (χ0) is 23.2. The first-order valence-electron chi connectivity index (χ1n) is 10.5. The van der Waals surface area contributed by atoms with Crippen molar-refractivity contribution in [1.82, 2.24) is 19.9 Å². The van der Waals surface area contributed by atoms with Crippen molar-refractivity contribution in [3.63, 3.8) is 0 Å². The molecule has 174 valence electrons. The number of hydrogen-bond acceptors (Lipinski definition) is 8. The molecular weight excluding hydrogens is 403 g/mol. The number of nitrogens with two attached hydrogens (primary N) is 2. The lowest BCUT2D eigenvalue weighted by molar-refractivity contribution is 0.0875. The van der Waals surface area contributed by atoms with Crippen LogP contribution in [0.2, 0.25) is 0 Å². The molecule has 0 saturated heterocycles. The smallest absolute Gasteiger partial charge is 0.409 e. The van der Waals surface area contributed by atoms with E-state index in [1.807, 2.05) is 6.92 Å². The zero-order valence-electron chi connectivity index (χ0n) is 19.2. The van der Waals surface area contributed by atoms with Gasteiger partial charge in [-0.25, -0.2) is 25.0 Å². The monoisotopic (exact) mass is 438 g/mol. The molecule has 0 aromatic carbocycles. The third kappa shape index (κ3) is 7.54. The summed E-state index contributed by atoms with van der Waals surface area (Å²) in [4.78, 5) is 22.2. The first kappa shape index (κ1) is 24.6. The second-order valence-electron chi connectivity index (χ2n) is 8.62. The van der Waals surface area contributed by atoms with E-state index in [2.05, 4.69) is 9.97 Å². The number of carbonyl (C=O) groups excluding carboxylic acids is 1. The van der Waals surface area contributed by atoms with Gasteiger partial charge in [-0.15, -0.1) is 0 Å². The Morgan fingerprint density at radius 1 is 1.29 bits per heavy atom. The Balaban J connectivity index is 2.11. The van der Waals surface area contributed by atoms with E-state index < -0.39 is 11.8 Å². The van der Waals surface area contributed by atoms with Crippen LogP contribution in [0.5, 0.6) is 5.88 Å². The van der Waals surface area contributed by atoms with E-state index in [4.69, 9.17) is 21.1 Å². The van der Waals surface area contributed by atoms with Gasteiger partial charge < -0.3 is 25.1 Å². The normalized spacial score (nSPS) is 15.8. The second-order valence-corrected chi connectivity index (χ2v) is 8.62. The lowest BCUT2D eigenvalue weighted by atomic mass is 9.98. The largest absolute Gasteiger partial charge is 0.473 e. The minimum Gasteiger partial charge on any atom is -0.473 e. The number of likely N-dealkylation sites (N-methyl/N-ethyl adjacent to an activating group) is 1. The average molecular weight is 439 g/mol. The maximum absolute atomic E-state index is 13.8. The molecule has 1 aromatic heterocycles. The van der Waals surface area contributed by atoms with Crippen LogP contribution in [-0.2, 0) is 4.74 Å². The van der Waals surface area contributed by atoms with Gasteiger partial charge in [0, 0.05) is 14.1 Å². The number of aryl methyl sites for hydroxylation is 1. The SMILES string of the molecule is Cc1nc(/C(N)=C(\COC(=O)N(C)CC(C)(C)F)N(C)N)cnc1OC1CCCCC1. The molecule has 1 heterocycles. The highest BCUT2D eigenvalue weighted by Gasteiger charge is 2.23. The molecule has 4 N–H and O–H groups in total. The molecule has 9 nitrogen and oxygen atoms in total. The van der Waals surface area contributed by atoms with Crippen molar-refractivity contribution in [1.29, 1.82) is 0 Å². The third-order valence-corrected chi connectivity index (χ3v) is 5.00. The molecule has 31 heavy (non-hydrogen) atoms. The van der Waals surface area contributed by atoms with E-state index in [-0.39, 0.29) is 25.0 Å². The summed E-state index contributed by atoms with van der Waals surface area (Å²) in [7, 11) is 3.04. The number of carbonyl (C=O) groups is 1. The van der Waals surface area contributed by atoms with Crippen LogP contribution >= 0.6 is 0 Å². The molecule has 1 aromatic rings. The Bertz CT molecular complexity index is 788. The first-order chi connectivity index (χ1) is 14.5. The average Bonchev–Trinajstić information content (AvgIpc) is 2.68. The van der Waals surface area contributed by atoms with E-state index in [1.165, 1.54) is 38.5 Å². The number of hydrogen-bond donors (Lipinski definition) is 2. The van der Waals surface area contributed by atoms with Gasteiger partial charge in [-0.05, 0) is 46.5 Å². The number of amides is 1. The van der Waals surface area contributed by atoms with Gasteiger partial charge in [0.2, 0.25) is 5.88 Å². The maximum Gasteiger partial charge on any atom is 0.409 e. The maximum atomic E-state index is 13.8. The molecule has 2 rings (SSSR count). The van der Waals surface area contributed by atoms with E-state index in [9.17, 15) is 9.18 Å². The fourth-order valence-electron chi connectivity index (χ4n) is 3.44. The lowest BCUT2D eigenvalue weighted by Gasteiger charge is -2.25.